The highest BCUT2D eigenvalue weighted by atomic mass is 35.5. The van der Waals surface area contributed by atoms with E-state index < -0.39 is 5.91 Å². The highest BCUT2D eigenvalue weighted by Crippen LogP contribution is 2.34. The van der Waals surface area contributed by atoms with Crippen molar-refractivity contribution in [3.05, 3.63) is 58.8 Å². The molecule has 0 bridgehead atoms. The predicted molar refractivity (Wildman–Crippen MR) is 93.0 cm³/mol. The van der Waals surface area contributed by atoms with Crippen LogP contribution in [0.5, 0.6) is 5.75 Å². The average molecular weight is 343 g/mol. The Morgan fingerprint density at radius 2 is 2.00 bits per heavy atom. The van der Waals surface area contributed by atoms with E-state index in [-0.39, 0.29) is 11.3 Å². The fourth-order valence-corrected chi connectivity index (χ4v) is 2.38. The number of halogens is 1. The first-order chi connectivity index (χ1) is 11.5. The van der Waals surface area contributed by atoms with Crippen molar-refractivity contribution in [2.75, 3.05) is 12.4 Å². The van der Waals surface area contributed by atoms with Crippen LogP contribution in [0.4, 0.5) is 5.69 Å². The van der Waals surface area contributed by atoms with Crippen LogP contribution in [-0.4, -0.2) is 18.1 Å². The van der Waals surface area contributed by atoms with Crippen LogP contribution in [0.25, 0.3) is 11.1 Å². The van der Waals surface area contributed by atoms with Crippen LogP contribution in [-0.2, 0) is 4.79 Å². The summed E-state index contributed by atoms with van der Waals surface area (Å²) in [7, 11) is 1.59. The number of ether oxygens (including phenoxy) is 1. The summed E-state index contributed by atoms with van der Waals surface area (Å²) in [4.78, 5) is 12.0. The third kappa shape index (κ3) is 3.67. The van der Waals surface area contributed by atoms with Gasteiger partial charge in [-0.15, -0.1) is 0 Å². The molecule has 0 unspecified atom stereocenters. The number of benzene rings is 2. The molecule has 2 rings (SSSR count). The Hall–Kier alpha value is -2.97. The Labute approximate surface area is 144 Å². The van der Waals surface area contributed by atoms with Crippen molar-refractivity contribution < 1.29 is 14.6 Å². The van der Waals surface area contributed by atoms with Gasteiger partial charge in [-0.25, -0.2) is 0 Å². The maximum atomic E-state index is 12.0. The number of nitrogens with one attached hydrogen (secondary N) is 1. The lowest BCUT2D eigenvalue weighted by Gasteiger charge is -2.11. The van der Waals surface area contributed by atoms with Gasteiger partial charge >= 0.3 is 0 Å². The molecule has 0 aliphatic carbocycles. The molecule has 122 valence electrons. The number of hydrogen-bond donors (Lipinski definition) is 2. The highest BCUT2D eigenvalue weighted by Gasteiger charge is 2.15. The molecule has 0 saturated carbocycles. The molecule has 0 radical (unpaired) electrons. The summed E-state index contributed by atoms with van der Waals surface area (Å²) < 4.78 is 5.32. The van der Waals surface area contributed by atoms with E-state index in [1.54, 1.807) is 31.4 Å². The van der Waals surface area contributed by atoms with Gasteiger partial charge in [0.2, 0.25) is 0 Å². The molecule has 0 aliphatic rings. The van der Waals surface area contributed by atoms with Gasteiger partial charge in [0.25, 0.3) is 5.91 Å². The van der Waals surface area contributed by atoms with E-state index in [0.717, 1.165) is 11.1 Å². The summed E-state index contributed by atoms with van der Waals surface area (Å²) in [6.45, 7) is 1.27. The Balaban J connectivity index is 2.33. The van der Waals surface area contributed by atoms with Crippen LogP contribution < -0.4 is 10.1 Å². The second-order valence-corrected chi connectivity index (χ2v) is 5.33. The minimum absolute atomic E-state index is 0.305. The van der Waals surface area contributed by atoms with Crippen molar-refractivity contribution in [2.45, 2.75) is 6.92 Å². The van der Waals surface area contributed by atoms with E-state index in [1.807, 2.05) is 24.3 Å². The molecular weight excluding hydrogens is 328 g/mol. The summed E-state index contributed by atoms with van der Waals surface area (Å²) >= 11 is 6.23. The lowest BCUT2D eigenvalue weighted by Crippen LogP contribution is -2.15. The molecule has 24 heavy (non-hydrogen) atoms. The van der Waals surface area contributed by atoms with Crippen LogP contribution in [0.2, 0.25) is 5.02 Å². The fourth-order valence-electron chi connectivity index (χ4n) is 2.15. The second-order valence-electron chi connectivity index (χ2n) is 4.92. The third-order valence-corrected chi connectivity index (χ3v) is 3.65. The average Bonchev–Trinajstić information content (AvgIpc) is 2.57. The van der Waals surface area contributed by atoms with E-state index >= 15 is 0 Å². The van der Waals surface area contributed by atoms with E-state index in [4.69, 9.17) is 21.6 Å². The largest absolute Gasteiger partial charge is 0.511 e. The van der Waals surface area contributed by atoms with Gasteiger partial charge in [0.05, 0.1) is 17.8 Å². The summed E-state index contributed by atoms with van der Waals surface area (Å²) in [5, 5.41) is 21.0. The third-order valence-electron chi connectivity index (χ3n) is 3.34. The number of carbonyl (C=O) groups excluding carboxylic acids is 1. The molecule has 0 saturated heterocycles. The molecule has 0 aromatic heterocycles. The number of nitrogens with zero attached hydrogens (tertiary/aromatic N) is 1. The number of methoxy groups -OCH3 is 1. The van der Waals surface area contributed by atoms with Crippen LogP contribution >= 0.6 is 11.6 Å². The molecule has 2 N–H and O–H groups in total. The van der Waals surface area contributed by atoms with E-state index in [9.17, 15) is 9.90 Å². The maximum Gasteiger partial charge on any atom is 0.269 e. The number of carbonyl (C=O) groups is 1. The van der Waals surface area contributed by atoms with Crippen LogP contribution in [0.15, 0.2) is 53.8 Å². The number of hydrogen-bond acceptors (Lipinski definition) is 4. The number of aliphatic hydroxyl groups excluding tert-OH is 1. The molecular formula is C18H15ClN2O3. The predicted octanol–water partition coefficient (Wildman–Crippen LogP) is 4.31. The Bertz CT molecular complexity index is 850. The molecule has 0 aliphatic heterocycles. The fraction of sp³-hybridized carbons (Fsp3) is 0.111. The quantitative estimate of drug-likeness (QED) is 0.492. The molecule has 0 heterocycles. The number of anilines is 1. The number of aliphatic hydroxyl groups is 1. The molecule has 2 aromatic rings. The minimum atomic E-state index is -0.718. The van der Waals surface area contributed by atoms with Crippen LogP contribution in [0.1, 0.15) is 6.92 Å². The molecule has 0 atom stereocenters. The first-order valence-corrected chi connectivity index (χ1v) is 7.40. The zero-order valence-electron chi connectivity index (χ0n) is 13.1. The van der Waals surface area contributed by atoms with Crippen molar-refractivity contribution in [1.82, 2.24) is 0 Å². The molecule has 1 amide bonds. The molecule has 0 fully saturated rings. The molecule has 2 aromatic carbocycles. The normalized spacial score (nSPS) is 11.2. The summed E-state index contributed by atoms with van der Waals surface area (Å²) in [6.07, 6.45) is 0. The number of nitriles is 1. The van der Waals surface area contributed by atoms with Crippen LogP contribution in [0.3, 0.4) is 0 Å². The zero-order valence-corrected chi connectivity index (χ0v) is 13.9. The van der Waals surface area contributed by atoms with E-state index in [0.29, 0.717) is 16.5 Å². The van der Waals surface area contributed by atoms with Crippen molar-refractivity contribution in [3.8, 4) is 22.9 Å². The Morgan fingerprint density at radius 1 is 1.29 bits per heavy atom. The Kier molecular flexibility index (Phi) is 5.46. The SMILES string of the molecule is COc1ccccc1-c1ccc(NC(=O)/C(C#N)=C(/C)O)c(Cl)c1. The summed E-state index contributed by atoms with van der Waals surface area (Å²) in [5.74, 6) is -0.364. The summed E-state index contributed by atoms with van der Waals surface area (Å²) in [6, 6.07) is 14.2. The summed E-state index contributed by atoms with van der Waals surface area (Å²) in [5.41, 5.74) is 1.67. The molecule has 6 heteroatoms. The van der Waals surface area contributed by atoms with Crippen molar-refractivity contribution in [2.24, 2.45) is 0 Å². The van der Waals surface area contributed by atoms with Gasteiger partial charge in [-0.3, -0.25) is 4.79 Å². The van der Waals surface area contributed by atoms with Gasteiger partial charge in [-0.05, 0) is 30.7 Å². The molecule has 0 spiro atoms. The number of amides is 1. The lowest BCUT2D eigenvalue weighted by atomic mass is 10.0. The topological polar surface area (TPSA) is 82.3 Å². The van der Waals surface area contributed by atoms with Crippen molar-refractivity contribution >= 4 is 23.2 Å². The standard InChI is InChI=1S/C18H15ClN2O3/c1-11(22)14(10-20)18(23)21-16-8-7-12(9-15(16)19)13-5-3-4-6-17(13)24-2/h3-9,22H,1-2H3,(H,21,23)/b14-11-. The van der Waals surface area contributed by atoms with Gasteiger partial charge in [0, 0.05) is 5.56 Å². The molecule has 5 nitrogen and oxygen atoms in total. The maximum absolute atomic E-state index is 12.0. The lowest BCUT2D eigenvalue weighted by molar-refractivity contribution is -0.112. The first-order valence-electron chi connectivity index (χ1n) is 7.02. The van der Waals surface area contributed by atoms with Gasteiger partial charge < -0.3 is 15.2 Å². The highest BCUT2D eigenvalue weighted by molar-refractivity contribution is 6.34. The van der Waals surface area contributed by atoms with Gasteiger partial charge in [0.1, 0.15) is 17.6 Å². The van der Waals surface area contributed by atoms with Gasteiger partial charge in [0.15, 0.2) is 5.57 Å². The smallest absolute Gasteiger partial charge is 0.269 e. The zero-order chi connectivity index (χ0) is 17.7. The van der Waals surface area contributed by atoms with Crippen LogP contribution in [0, 0.1) is 11.3 Å². The van der Waals surface area contributed by atoms with Crippen molar-refractivity contribution in [1.29, 1.82) is 5.26 Å². The first kappa shape index (κ1) is 17.4. The number of allylic oxidation sites excluding steroid dienone is 1. The minimum Gasteiger partial charge on any atom is -0.511 e. The monoisotopic (exact) mass is 342 g/mol. The van der Waals surface area contributed by atoms with E-state index in [1.165, 1.54) is 6.92 Å². The Morgan fingerprint density at radius 3 is 2.58 bits per heavy atom. The van der Waals surface area contributed by atoms with E-state index in [2.05, 4.69) is 5.32 Å². The van der Waals surface area contributed by atoms with Gasteiger partial charge in [-0.2, -0.15) is 5.26 Å². The number of para-hydroxylation sites is 1. The second kappa shape index (κ2) is 7.53. The van der Waals surface area contributed by atoms with Gasteiger partial charge in [-0.1, -0.05) is 35.9 Å². The number of rotatable bonds is 4. The van der Waals surface area contributed by atoms with Crippen molar-refractivity contribution in [3.63, 3.8) is 0 Å².